The molecule has 31 heavy (non-hydrogen) atoms. The third kappa shape index (κ3) is 3.89. The molecule has 1 saturated heterocycles. The SMILES string of the molecule is COc1cccc([C@@H]2CC(=O)N3CN(c4ccc(OC)cc4OC)CSC3=C2C#N)c1. The van der Waals surface area contributed by atoms with Gasteiger partial charge >= 0.3 is 0 Å². The quantitative estimate of drug-likeness (QED) is 0.701. The topological polar surface area (TPSA) is 75.0 Å². The Balaban J connectivity index is 1.66. The van der Waals surface area contributed by atoms with Gasteiger partial charge in [-0.2, -0.15) is 5.26 Å². The molecule has 2 aliphatic rings. The molecule has 160 valence electrons. The van der Waals surface area contributed by atoms with E-state index in [9.17, 15) is 10.1 Å². The van der Waals surface area contributed by atoms with Crippen molar-refractivity contribution in [3.05, 3.63) is 58.6 Å². The number of nitrogens with zero attached hydrogens (tertiary/aromatic N) is 3. The van der Waals surface area contributed by atoms with Crippen LogP contribution in [0.2, 0.25) is 0 Å². The van der Waals surface area contributed by atoms with Crippen molar-refractivity contribution in [2.45, 2.75) is 12.3 Å². The fourth-order valence-electron chi connectivity index (χ4n) is 3.90. The Kier molecular flexibility index (Phi) is 5.96. The summed E-state index contributed by atoms with van der Waals surface area (Å²) in [6, 6.07) is 15.6. The zero-order valence-corrected chi connectivity index (χ0v) is 18.4. The molecule has 0 saturated carbocycles. The summed E-state index contributed by atoms with van der Waals surface area (Å²) in [5.41, 5.74) is 2.41. The Morgan fingerprint density at radius 1 is 1.06 bits per heavy atom. The lowest BCUT2D eigenvalue weighted by molar-refractivity contribution is -0.129. The van der Waals surface area contributed by atoms with Gasteiger partial charge in [-0.15, -0.1) is 0 Å². The van der Waals surface area contributed by atoms with E-state index in [1.807, 2.05) is 42.5 Å². The van der Waals surface area contributed by atoms with Crippen LogP contribution in [0.5, 0.6) is 17.2 Å². The van der Waals surface area contributed by atoms with Crippen molar-refractivity contribution in [2.75, 3.05) is 38.8 Å². The molecule has 4 rings (SSSR count). The first-order valence-corrected chi connectivity index (χ1v) is 10.8. The Bertz CT molecular complexity index is 1080. The number of ether oxygens (including phenoxy) is 3. The molecule has 0 spiro atoms. The van der Waals surface area contributed by atoms with Crippen molar-refractivity contribution in [1.29, 1.82) is 5.26 Å². The third-order valence-corrected chi connectivity index (χ3v) is 6.67. The van der Waals surface area contributed by atoms with E-state index in [2.05, 4.69) is 11.0 Å². The summed E-state index contributed by atoms with van der Waals surface area (Å²) in [6.07, 6.45) is 0.244. The number of hydrogen-bond donors (Lipinski definition) is 0. The Hall–Kier alpha value is -3.31. The average molecular weight is 438 g/mol. The summed E-state index contributed by atoms with van der Waals surface area (Å²) in [7, 11) is 4.83. The molecule has 0 radical (unpaired) electrons. The Labute approximate surface area is 185 Å². The number of rotatable bonds is 5. The largest absolute Gasteiger partial charge is 0.497 e. The minimum atomic E-state index is -0.270. The lowest BCUT2D eigenvalue weighted by Crippen LogP contribution is -2.47. The molecule has 0 unspecified atom stereocenters. The molecule has 1 atom stereocenters. The first kappa shape index (κ1) is 20.9. The number of thioether (sulfide) groups is 1. The minimum Gasteiger partial charge on any atom is -0.497 e. The summed E-state index contributed by atoms with van der Waals surface area (Å²) in [4.78, 5) is 16.9. The van der Waals surface area contributed by atoms with Crippen molar-refractivity contribution in [3.8, 4) is 23.3 Å². The lowest BCUT2D eigenvalue weighted by atomic mass is 9.86. The molecular weight excluding hydrogens is 414 g/mol. The zero-order chi connectivity index (χ0) is 22.0. The second-order valence-corrected chi connectivity index (χ2v) is 8.11. The highest BCUT2D eigenvalue weighted by Crippen LogP contribution is 2.45. The van der Waals surface area contributed by atoms with Crippen LogP contribution in [0.15, 0.2) is 53.1 Å². The smallest absolute Gasteiger partial charge is 0.229 e. The maximum absolute atomic E-state index is 13.1. The Morgan fingerprint density at radius 3 is 2.55 bits per heavy atom. The van der Waals surface area contributed by atoms with Gasteiger partial charge < -0.3 is 19.1 Å². The van der Waals surface area contributed by atoms with Gasteiger partial charge in [0.15, 0.2) is 0 Å². The summed E-state index contributed by atoms with van der Waals surface area (Å²) in [5.74, 6) is 2.40. The molecule has 2 aromatic rings. The van der Waals surface area contributed by atoms with E-state index >= 15 is 0 Å². The van der Waals surface area contributed by atoms with Gasteiger partial charge in [0, 0.05) is 18.4 Å². The predicted molar refractivity (Wildman–Crippen MR) is 119 cm³/mol. The minimum absolute atomic E-state index is 0.00787. The summed E-state index contributed by atoms with van der Waals surface area (Å²) < 4.78 is 16.1. The van der Waals surface area contributed by atoms with Crippen LogP contribution >= 0.6 is 11.8 Å². The highest BCUT2D eigenvalue weighted by atomic mass is 32.2. The summed E-state index contributed by atoms with van der Waals surface area (Å²) in [5, 5.41) is 10.7. The molecule has 0 N–H and O–H groups in total. The van der Waals surface area contributed by atoms with Crippen LogP contribution in [0.1, 0.15) is 17.9 Å². The highest BCUT2D eigenvalue weighted by Gasteiger charge is 2.38. The standard InChI is InChI=1S/C23H23N3O4S/c1-28-16-6-4-5-15(9-16)18-11-22(27)26-13-25(14-31-23(26)19(18)12-24)20-8-7-17(29-2)10-21(20)30-3/h4-10,18H,11,13-14H2,1-3H3/t18-/m0/s1. The van der Waals surface area contributed by atoms with E-state index in [0.29, 0.717) is 35.4 Å². The van der Waals surface area contributed by atoms with Crippen LogP contribution in [0.3, 0.4) is 0 Å². The molecule has 8 heteroatoms. The number of fused-ring (bicyclic) bond motifs is 1. The number of carbonyl (C=O) groups excluding carboxylic acids is 1. The molecule has 1 amide bonds. The van der Waals surface area contributed by atoms with Gasteiger partial charge in [0.05, 0.1) is 56.2 Å². The van der Waals surface area contributed by atoms with Gasteiger partial charge in [0.1, 0.15) is 17.2 Å². The van der Waals surface area contributed by atoms with Crippen LogP contribution < -0.4 is 19.1 Å². The molecule has 2 aromatic carbocycles. The van der Waals surface area contributed by atoms with Crippen molar-refractivity contribution >= 4 is 23.4 Å². The van der Waals surface area contributed by atoms with Crippen molar-refractivity contribution in [3.63, 3.8) is 0 Å². The van der Waals surface area contributed by atoms with Crippen molar-refractivity contribution in [1.82, 2.24) is 4.90 Å². The van der Waals surface area contributed by atoms with Gasteiger partial charge in [-0.25, -0.2) is 0 Å². The normalized spacial score (nSPS) is 18.4. The summed E-state index contributed by atoms with van der Waals surface area (Å²) in [6.45, 7) is 0.361. The van der Waals surface area contributed by atoms with Crippen LogP contribution in [0.25, 0.3) is 0 Å². The van der Waals surface area contributed by atoms with Crippen LogP contribution in [0, 0.1) is 11.3 Å². The average Bonchev–Trinajstić information content (AvgIpc) is 2.83. The fraction of sp³-hybridized carbons (Fsp3) is 0.304. The van der Waals surface area contributed by atoms with Crippen LogP contribution in [-0.2, 0) is 4.79 Å². The van der Waals surface area contributed by atoms with E-state index in [4.69, 9.17) is 14.2 Å². The number of benzene rings is 2. The van der Waals surface area contributed by atoms with Crippen molar-refractivity contribution < 1.29 is 19.0 Å². The second-order valence-electron chi connectivity index (χ2n) is 7.18. The first-order chi connectivity index (χ1) is 15.1. The number of carbonyl (C=O) groups is 1. The number of allylic oxidation sites excluding steroid dienone is 1. The molecule has 1 fully saturated rings. The number of nitriles is 1. The van der Waals surface area contributed by atoms with E-state index in [1.54, 1.807) is 26.2 Å². The van der Waals surface area contributed by atoms with E-state index in [0.717, 1.165) is 16.3 Å². The number of anilines is 1. The van der Waals surface area contributed by atoms with E-state index in [-0.39, 0.29) is 18.2 Å². The van der Waals surface area contributed by atoms with Gasteiger partial charge in [-0.05, 0) is 29.8 Å². The Morgan fingerprint density at radius 2 is 1.84 bits per heavy atom. The first-order valence-electron chi connectivity index (χ1n) is 9.78. The molecule has 0 bridgehead atoms. The van der Waals surface area contributed by atoms with Gasteiger partial charge in [-0.3, -0.25) is 9.69 Å². The van der Waals surface area contributed by atoms with Crippen LogP contribution in [0.4, 0.5) is 5.69 Å². The molecular formula is C23H23N3O4S. The van der Waals surface area contributed by atoms with Crippen LogP contribution in [-0.4, -0.2) is 44.7 Å². The van der Waals surface area contributed by atoms with Gasteiger partial charge in [0.2, 0.25) is 5.91 Å². The van der Waals surface area contributed by atoms with Gasteiger partial charge in [-0.1, -0.05) is 23.9 Å². The molecule has 0 aromatic heterocycles. The number of amides is 1. The number of methoxy groups -OCH3 is 3. The highest BCUT2D eigenvalue weighted by molar-refractivity contribution is 8.03. The van der Waals surface area contributed by atoms with Gasteiger partial charge in [0.25, 0.3) is 0 Å². The maximum Gasteiger partial charge on any atom is 0.229 e. The maximum atomic E-state index is 13.1. The molecule has 7 nitrogen and oxygen atoms in total. The zero-order valence-electron chi connectivity index (χ0n) is 17.6. The molecule has 2 aliphatic heterocycles. The monoisotopic (exact) mass is 437 g/mol. The second kappa shape index (κ2) is 8.82. The van der Waals surface area contributed by atoms with E-state index in [1.165, 1.54) is 11.8 Å². The fourth-order valence-corrected chi connectivity index (χ4v) is 5.06. The van der Waals surface area contributed by atoms with E-state index < -0.39 is 0 Å². The van der Waals surface area contributed by atoms with Crippen molar-refractivity contribution in [2.24, 2.45) is 0 Å². The number of hydrogen-bond acceptors (Lipinski definition) is 7. The third-order valence-electron chi connectivity index (χ3n) is 5.52. The lowest BCUT2D eigenvalue weighted by Gasteiger charge is -2.42. The molecule has 2 heterocycles. The predicted octanol–water partition coefficient (Wildman–Crippen LogP) is 3.93. The molecule has 0 aliphatic carbocycles. The summed E-state index contributed by atoms with van der Waals surface area (Å²) >= 11 is 1.49.